The third kappa shape index (κ3) is 4.00. The van der Waals surface area contributed by atoms with Crippen LogP contribution in [-0.2, 0) is 20.3 Å². The summed E-state index contributed by atoms with van der Waals surface area (Å²) in [4.78, 5) is 2.42. The molecule has 1 aliphatic heterocycles. The van der Waals surface area contributed by atoms with Crippen molar-refractivity contribution in [2.45, 2.75) is 33.0 Å². The summed E-state index contributed by atoms with van der Waals surface area (Å²) in [6.07, 6.45) is 2.51. The van der Waals surface area contributed by atoms with Crippen LogP contribution in [0.5, 0.6) is 5.75 Å². The molecule has 23 heavy (non-hydrogen) atoms. The smallest absolute Gasteiger partial charge is 0.198 e. The van der Waals surface area contributed by atoms with Gasteiger partial charge in [0.25, 0.3) is 0 Å². The molecule has 1 saturated heterocycles. The Labute approximate surface area is 142 Å². The highest BCUT2D eigenvalue weighted by molar-refractivity contribution is 7.71. The van der Waals surface area contributed by atoms with E-state index < -0.39 is 0 Å². The van der Waals surface area contributed by atoms with Gasteiger partial charge in [-0.2, -0.15) is 5.10 Å². The van der Waals surface area contributed by atoms with Gasteiger partial charge in [0.1, 0.15) is 12.4 Å². The van der Waals surface area contributed by atoms with Crippen LogP contribution in [0.1, 0.15) is 25.6 Å². The van der Waals surface area contributed by atoms with Crippen molar-refractivity contribution in [1.29, 1.82) is 0 Å². The van der Waals surface area contributed by atoms with Gasteiger partial charge in [-0.05, 0) is 43.1 Å². The average molecular weight is 332 g/mol. The van der Waals surface area contributed by atoms with Crippen molar-refractivity contribution in [3.63, 3.8) is 0 Å². The molecule has 5 nitrogen and oxygen atoms in total. The number of hydrogen-bond acceptors (Lipinski definition) is 4. The van der Waals surface area contributed by atoms with E-state index >= 15 is 0 Å². The van der Waals surface area contributed by atoms with Gasteiger partial charge in [-0.25, -0.2) is 4.68 Å². The molecule has 3 rings (SSSR count). The van der Waals surface area contributed by atoms with E-state index in [9.17, 15) is 0 Å². The van der Waals surface area contributed by atoms with Crippen LogP contribution >= 0.6 is 12.2 Å². The molecule has 0 aliphatic carbocycles. The molecule has 0 atom stereocenters. The summed E-state index contributed by atoms with van der Waals surface area (Å²) in [7, 11) is 1.95. The van der Waals surface area contributed by atoms with E-state index in [2.05, 4.69) is 16.9 Å². The van der Waals surface area contributed by atoms with Crippen LogP contribution in [0.15, 0.2) is 30.3 Å². The Hall–Kier alpha value is -1.66. The fourth-order valence-corrected chi connectivity index (χ4v) is 3.01. The number of piperidine rings is 1. The van der Waals surface area contributed by atoms with Crippen molar-refractivity contribution in [1.82, 2.24) is 19.2 Å². The second kappa shape index (κ2) is 7.27. The minimum atomic E-state index is 0.425. The lowest BCUT2D eigenvalue weighted by Gasteiger charge is -2.29. The van der Waals surface area contributed by atoms with Gasteiger partial charge in [-0.15, -0.1) is 0 Å². The van der Waals surface area contributed by atoms with Crippen molar-refractivity contribution >= 4 is 12.2 Å². The highest BCUT2D eigenvalue weighted by Crippen LogP contribution is 2.17. The van der Waals surface area contributed by atoms with E-state index in [0.29, 0.717) is 6.61 Å². The van der Waals surface area contributed by atoms with Gasteiger partial charge >= 0.3 is 0 Å². The first-order valence-electron chi connectivity index (χ1n) is 8.16. The van der Waals surface area contributed by atoms with E-state index in [-0.39, 0.29) is 0 Å². The van der Waals surface area contributed by atoms with E-state index in [1.54, 1.807) is 0 Å². The van der Waals surface area contributed by atoms with Crippen LogP contribution in [0.4, 0.5) is 0 Å². The van der Waals surface area contributed by atoms with Gasteiger partial charge in [-0.3, -0.25) is 4.90 Å². The second-order valence-corrected chi connectivity index (χ2v) is 6.67. The molecule has 2 heterocycles. The van der Waals surface area contributed by atoms with Crippen molar-refractivity contribution in [3.05, 3.63) is 40.9 Å². The van der Waals surface area contributed by atoms with E-state index in [0.717, 1.165) is 42.0 Å². The fourth-order valence-electron chi connectivity index (χ4n) is 2.81. The van der Waals surface area contributed by atoms with Crippen LogP contribution in [-0.4, -0.2) is 32.3 Å². The molecular formula is C17H24N4OS. The van der Waals surface area contributed by atoms with Crippen LogP contribution in [0.25, 0.3) is 0 Å². The summed E-state index contributed by atoms with van der Waals surface area (Å²) >= 11 is 5.52. The second-order valence-electron chi connectivity index (χ2n) is 6.30. The number of nitrogens with zero attached hydrogens (tertiary/aromatic N) is 4. The van der Waals surface area contributed by atoms with Gasteiger partial charge in [-0.1, -0.05) is 25.1 Å². The van der Waals surface area contributed by atoms with E-state index in [4.69, 9.17) is 17.0 Å². The summed E-state index contributed by atoms with van der Waals surface area (Å²) in [6, 6.07) is 9.79. The molecule has 0 unspecified atom stereocenters. The molecule has 1 aromatic carbocycles. The molecule has 1 aliphatic rings. The van der Waals surface area contributed by atoms with Crippen molar-refractivity contribution in [2.75, 3.05) is 13.1 Å². The number of aromatic nitrogens is 3. The summed E-state index contributed by atoms with van der Waals surface area (Å²) in [5.41, 5.74) is 0. The molecule has 0 saturated carbocycles. The zero-order valence-corrected chi connectivity index (χ0v) is 14.6. The average Bonchev–Trinajstić information content (AvgIpc) is 2.84. The third-order valence-corrected chi connectivity index (χ3v) is 4.94. The Morgan fingerprint density at radius 2 is 1.91 bits per heavy atom. The van der Waals surface area contributed by atoms with Gasteiger partial charge in [0.2, 0.25) is 0 Å². The summed E-state index contributed by atoms with van der Waals surface area (Å²) < 4.78 is 10.4. The minimum Gasteiger partial charge on any atom is -0.486 e. The maximum atomic E-state index is 5.79. The van der Waals surface area contributed by atoms with E-state index in [1.807, 2.05) is 46.6 Å². The topological polar surface area (TPSA) is 35.2 Å². The Morgan fingerprint density at radius 3 is 2.61 bits per heavy atom. The maximum absolute atomic E-state index is 5.79. The monoisotopic (exact) mass is 332 g/mol. The van der Waals surface area contributed by atoms with Crippen LogP contribution in [0, 0.1) is 10.7 Å². The predicted octanol–water partition coefficient (Wildman–Crippen LogP) is 3.22. The van der Waals surface area contributed by atoms with Crippen molar-refractivity contribution in [2.24, 2.45) is 13.0 Å². The van der Waals surface area contributed by atoms with Crippen molar-refractivity contribution in [3.8, 4) is 5.75 Å². The van der Waals surface area contributed by atoms with Crippen LogP contribution < -0.4 is 4.74 Å². The van der Waals surface area contributed by atoms with Gasteiger partial charge < -0.3 is 9.30 Å². The molecule has 124 valence electrons. The standard InChI is InChI=1S/C17H24N4OS/c1-14-8-10-20(11-9-14)13-21-17(23)19(2)16(18-21)12-22-15-6-4-3-5-7-15/h3-7,14H,8-13H2,1-2H3. The Balaban J connectivity index is 1.65. The highest BCUT2D eigenvalue weighted by atomic mass is 32.1. The first-order chi connectivity index (χ1) is 11.1. The molecule has 1 fully saturated rings. The first-order valence-corrected chi connectivity index (χ1v) is 8.57. The normalized spacial score (nSPS) is 16.6. The lowest BCUT2D eigenvalue weighted by atomic mass is 10.00. The highest BCUT2D eigenvalue weighted by Gasteiger charge is 2.17. The largest absolute Gasteiger partial charge is 0.486 e. The molecule has 0 amide bonds. The molecule has 6 heteroatoms. The number of benzene rings is 1. The van der Waals surface area contributed by atoms with Gasteiger partial charge in [0.15, 0.2) is 10.6 Å². The Morgan fingerprint density at radius 1 is 1.22 bits per heavy atom. The molecule has 2 aromatic rings. The SMILES string of the molecule is CC1CCN(Cn2nc(COc3ccccc3)n(C)c2=S)CC1. The number of ether oxygens (including phenoxy) is 1. The predicted molar refractivity (Wildman–Crippen MR) is 92.8 cm³/mol. The number of rotatable bonds is 5. The first kappa shape index (κ1) is 16.2. The fraction of sp³-hybridized carbons (Fsp3) is 0.529. The molecule has 1 aromatic heterocycles. The molecular weight excluding hydrogens is 308 g/mol. The summed E-state index contributed by atoms with van der Waals surface area (Å²) in [5, 5.41) is 4.65. The number of hydrogen-bond donors (Lipinski definition) is 0. The third-order valence-electron chi connectivity index (χ3n) is 4.45. The van der Waals surface area contributed by atoms with Gasteiger partial charge in [0.05, 0.1) is 6.67 Å². The van der Waals surface area contributed by atoms with Gasteiger partial charge in [0, 0.05) is 20.1 Å². The van der Waals surface area contributed by atoms with E-state index in [1.165, 1.54) is 12.8 Å². The molecule has 0 radical (unpaired) electrons. The molecule has 0 N–H and O–H groups in total. The zero-order chi connectivity index (χ0) is 16.2. The summed E-state index contributed by atoms with van der Waals surface area (Å²) in [5.74, 6) is 2.53. The van der Waals surface area contributed by atoms with Crippen LogP contribution in [0.3, 0.4) is 0 Å². The maximum Gasteiger partial charge on any atom is 0.198 e. The Kier molecular flexibility index (Phi) is 5.13. The number of para-hydroxylation sites is 1. The van der Waals surface area contributed by atoms with Crippen molar-refractivity contribution < 1.29 is 4.74 Å². The Bertz CT molecular complexity index is 686. The van der Waals surface area contributed by atoms with Crippen LogP contribution in [0.2, 0.25) is 0 Å². The quantitative estimate of drug-likeness (QED) is 0.788. The summed E-state index contributed by atoms with van der Waals surface area (Å²) in [6.45, 7) is 5.76. The molecule has 0 bridgehead atoms. The number of likely N-dealkylation sites (tertiary alicyclic amines) is 1. The zero-order valence-electron chi connectivity index (χ0n) is 13.8. The minimum absolute atomic E-state index is 0.425. The molecule has 0 spiro atoms. The lowest BCUT2D eigenvalue weighted by Crippen LogP contribution is -2.34. The lowest BCUT2D eigenvalue weighted by molar-refractivity contribution is 0.145.